The predicted octanol–water partition coefficient (Wildman–Crippen LogP) is 3.46. The highest BCUT2D eigenvalue weighted by Gasteiger charge is 2.55. The van der Waals surface area contributed by atoms with E-state index in [4.69, 9.17) is 5.73 Å². The number of carbonyl (C=O) groups excluding carboxylic acids is 1. The van der Waals surface area contributed by atoms with Crippen LogP contribution in [0.3, 0.4) is 0 Å². The van der Waals surface area contributed by atoms with Crippen LogP contribution >= 0.6 is 0 Å². The molecule has 0 spiro atoms. The number of hydrogen-bond donors (Lipinski definition) is 2. The van der Waals surface area contributed by atoms with E-state index >= 15 is 0 Å². The monoisotopic (exact) mass is 497 g/mol. The molecule has 2 unspecified atom stereocenters. The van der Waals surface area contributed by atoms with Crippen LogP contribution < -0.4 is 15.5 Å². The largest absolute Gasteiger partial charge is 0.365 e. The highest BCUT2D eigenvalue weighted by molar-refractivity contribution is 5.98. The first-order valence-electron chi connectivity index (χ1n) is 11.7. The van der Waals surface area contributed by atoms with E-state index in [2.05, 4.69) is 25.3 Å². The minimum Gasteiger partial charge on any atom is -0.365 e. The summed E-state index contributed by atoms with van der Waals surface area (Å²) in [6, 6.07) is 7.61. The number of hydrogen-bond acceptors (Lipinski definition) is 7. The van der Waals surface area contributed by atoms with Gasteiger partial charge in [0, 0.05) is 36.5 Å². The first kappa shape index (κ1) is 25.5. The molecule has 2 aromatic heterocycles. The maximum absolute atomic E-state index is 15.0. The van der Waals surface area contributed by atoms with Crippen LogP contribution in [0.25, 0.3) is 11.4 Å². The summed E-state index contributed by atoms with van der Waals surface area (Å²) < 4.78 is 29.9. The van der Waals surface area contributed by atoms with Crippen molar-refractivity contribution >= 4 is 23.4 Å². The zero-order valence-electron chi connectivity index (χ0n) is 20.8. The molecule has 0 saturated heterocycles. The molecule has 3 aromatic rings. The summed E-state index contributed by atoms with van der Waals surface area (Å²) in [6.07, 6.45) is 5.50. The molecule has 1 saturated carbocycles. The molecule has 2 heterocycles. The molecule has 1 aliphatic rings. The molecule has 9 nitrogen and oxygen atoms in total. The van der Waals surface area contributed by atoms with E-state index in [1.165, 1.54) is 6.20 Å². The van der Waals surface area contributed by atoms with Gasteiger partial charge in [0.25, 0.3) is 11.8 Å². The third-order valence-corrected chi connectivity index (χ3v) is 6.70. The highest BCUT2D eigenvalue weighted by atomic mass is 19.3. The van der Waals surface area contributed by atoms with Crippen molar-refractivity contribution in [3.8, 4) is 11.4 Å². The van der Waals surface area contributed by atoms with Crippen LogP contribution in [0.15, 0.2) is 48.9 Å². The van der Waals surface area contributed by atoms with Gasteiger partial charge >= 0.3 is 5.95 Å². The lowest BCUT2D eigenvalue weighted by molar-refractivity contribution is -0.120. The number of aromatic nitrogens is 4. The minimum absolute atomic E-state index is 0.0179. The normalized spacial score (nSPS) is 19.8. The highest BCUT2D eigenvalue weighted by Crippen LogP contribution is 2.41. The average molecular weight is 498 g/mol. The van der Waals surface area contributed by atoms with Crippen molar-refractivity contribution in [3.05, 3.63) is 54.5 Å². The van der Waals surface area contributed by atoms with E-state index in [-0.39, 0.29) is 22.3 Å². The second-order valence-corrected chi connectivity index (χ2v) is 9.74. The summed E-state index contributed by atoms with van der Waals surface area (Å²) in [5, 5.41) is 3.15. The van der Waals surface area contributed by atoms with Crippen molar-refractivity contribution in [1.29, 1.82) is 0 Å². The van der Waals surface area contributed by atoms with Crippen molar-refractivity contribution in [1.82, 2.24) is 29.3 Å². The zero-order chi connectivity index (χ0) is 26.1. The van der Waals surface area contributed by atoms with Crippen LogP contribution in [0.5, 0.6) is 0 Å². The van der Waals surface area contributed by atoms with Gasteiger partial charge in [-0.05, 0) is 38.7 Å². The number of carbonyl (C=O) groups is 1. The fourth-order valence-corrected chi connectivity index (χ4v) is 4.93. The van der Waals surface area contributed by atoms with Crippen molar-refractivity contribution in [3.63, 3.8) is 0 Å². The lowest BCUT2D eigenvalue weighted by Crippen LogP contribution is -2.66. The summed E-state index contributed by atoms with van der Waals surface area (Å²) in [5.74, 6) is -2.48. The Morgan fingerprint density at radius 2 is 1.89 bits per heavy atom. The Hall–Kier alpha value is -3.57. The van der Waals surface area contributed by atoms with Crippen molar-refractivity contribution in [2.75, 3.05) is 33.5 Å². The fraction of sp³-hybridized carbons (Fsp3) is 0.400. The van der Waals surface area contributed by atoms with Crippen LogP contribution in [0, 0.1) is 0 Å². The van der Waals surface area contributed by atoms with E-state index < -0.39 is 23.9 Å². The Bertz CT molecular complexity index is 1240. The van der Waals surface area contributed by atoms with Gasteiger partial charge in [-0.15, -0.1) is 0 Å². The molecule has 3 N–H and O–H groups in total. The lowest BCUT2D eigenvalue weighted by atomic mass is 9.84. The second kappa shape index (κ2) is 9.82. The van der Waals surface area contributed by atoms with Gasteiger partial charge in [-0.1, -0.05) is 12.1 Å². The summed E-state index contributed by atoms with van der Waals surface area (Å²) in [4.78, 5) is 31.3. The van der Waals surface area contributed by atoms with E-state index in [1.54, 1.807) is 37.5 Å². The molecule has 0 bridgehead atoms. The summed E-state index contributed by atoms with van der Waals surface area (Å²) in [5.41, 5.74) is 7.09. The number of primary amides is 1. The molecule has 4 rings (SSSR count). The number of nitrogens with two attached hydrogens (primary N) is 1. The van der Waals surface area contributed by atoms with Crippen LogP contribution in [0.4, 0.5) is 26.2 Å². The number of nitrogens with one attached hydrogen (secondary N) is 1. The smallest absolute Gasteiger partial charge is 0.330 e. The predicted molar refractivity (Wildman–Crippen MR) is 135 cm³/mol. The molecule has 0 radical (unpaired) electrons. The topological polar surface area (TPSA) is 110 Å². The molecule has 1 fully saturated rings. The van der Waals surface area contributed by atoms with Gasteiger partial charge in [-0.3, -0.25) is 14.2 Å². The summed E-state index contributed by atoms with van der Waals surface area (Å²) >= 11 is 0. The Balaban J connectivity index is 1.71. The molecule has 1 aliphatic carbocycles. The van der Waals surface area contributed by atoms with Crippen molar-refractivity contribution in [2.45, 2.75) is 37.3 Å². The number of rotatable bonds is 7. The summed E-state index contributed by atoms with van der Waals surface area (Å²) in [6.45, 7) is 0. The molecule has 1 aromatic carbocycles. The van der Waals surface area contributed by atoms with Gasteiger partial charge in [0.1, 0.15) is 17.6 Å². The molecular formula is C25H31F2N8O+. The van der Waals surface area contributed by atoms with E-state index in [9.17, 15) is 13.6 Å². The number of likely N-dealkylation sites (N-methyl/N-ethyl adjacent to an activating group) is 2. The number of nitrogens with zero attached hydrogens (tertiary/aromatic N) is 6. The molecular weight excluding hydrogens is 466 g/mol. The van der Waals surface area contributed by atoms with Gasteiger partial charge in [-0.2, -0.15) is 9.97 Å². The maximum atomic E-state index is 15.0. The number of anilines is 2. The molecule has 1 amide bonds. The van der Waals surface area contributed by atoms with Gasteiger partial charge in [-0.25, -0.2) is 18.7 Å². The molecule has 2 atom stereocenters. The number of halogens is 2. The molecule has 11 heteroatoms. The van der Waals surface area contributed by atoms with Crippen molar-refractivity contribution < 1.29 is 13.6 Å². The van der Waals surface area contributed by atoms with Crippen LogP contribution in [0.2, 0.25) is 0 Å². The number of quaternary nitrogens is 1. The average Bonchev–Trinajstić information content (AvgIpc) is 2.83. The third kappa shape index (κ3) is 5.02. The first-order chi connectivity index (χ1) is 17.0. The quantitative estimate of drug-likeness (QED) is 0.481. The number of benzene rings is 1. The maximum Gasteiger partial charge on any atom is 0.330 e. The minimum atomic E-state index is -2.84. The molecule has 36 heavy (non-hydrogen) atoms. The van der Waals surface area contributed by atoms with Crippen LogP contribution in [-0.2, 0) is 0 Å². The Morgan fingerprint density at radius 1 is 1.17 bits per heavy atom. The fourth-order valence-electron chi connectivity index (χ4n) is 4.93. The van der Waals surface area contributed by atoms with Gasteiger partial charge in [0.15, 0.2) is 11.6 Å². The Labute approximate surface area is 209 Å². The number of amides is 1. The molecule has 0 aliphatic heterocycles. The van der Waals surface area contributed by atoms with E-state index in [0.717, 1.165) is 5.56 Å². The Morgan fingerprint density at radius 3 is 2.56 bits per heavy atom. The van der Waals surface area contributed by atoms with Crippen molar-refractivity contribution in [2.24, 2.45) is 5.73 Å². The Kier molecular flexibility index (Phi) is 6.96. The first-order valence-corrected chi connectivity index (χ1v) is 11.7. The molecule has 190 valence electrons. The summed E-state index contributed by atoms with van der Waals surface area (Å²) in [7, 11) is 6.98. The van der Waals surface area contributed by atoms with Gasteiger partial charge < -0.3 is 11.1 Å². The van der Waals surface area contributed by atoms with Gasteiger partial charge in [0.2, 0.25) is 0 Å². The van der Waals surface area contributed by atoms with Crippen LogP contribution in [-0.4, -0.2) is 76.9 Å². The zero-order valence-corrected chi connectivity index (χ0v) is 20.8. The number of alkyl halides is 2. The lowest BCUT2D eigenvalue weighted by Gasteiger charge is -2.47. The third-order valence-electron chi connectivity index (χ3n) is 6.70. The van der Waals surface area contributed by atoms with Gasteiger partial charge in [0.05, 0.1) is 20.3 Å². The van der Waals surface area contributed by atoms with E-state index in [0.29, 0.717) is 30.3 Å². The van der Waals surface area contributed by atoms with E-state index in [1.807, 2.05) is 38.4 Å². The second-order valence-electron chi connectivity index (χ2n) is 9.74. The van der Waals surface area contributed by atoms with Crippen LogP contribution in [0.1, 0.15) is 29.6 Å². The SMILES string of the molecule is CN(C)C1C([N+](C)(C)c2ncc(C(N)=O)c(Nc3cccc(-c4ncccn4)c3)n2)CCCC1(F)F. The standard InChI is InChI=1S/C25H30F2N8O/c1-34(2)20-19(10-6-11-25(20,26)27)35(3,4)24-31-15-18(21(28)36)23(33-24)32-17-9-5-8-16(14-17)22-29-12-7-13-30-22/h5,7-9,12-15,19-20H,6,10-11H2,1-4H3,(H2-,28,31,32,33,36)/p+1.